The smallest absolute Gasteiger partial charge is 0.142 e. The van der Waals surface area contributed by atoms with E-state index in [1.165, 1.54) is 0 Å². The van der Waals surface area contributed by atoms with Crippen LogP contribution < -0.4 is 4.74 Å². The molecule has 0 spiro atoms. The summed E-state index contributed by atoms with van der Waals surface area (Å²) in [6.07, 6.45) is 1.36. The monoisotopic (exact) mass is 238 g/mol. The predicted molar refractivity (Wildman–Crippen MR) is 65.9 cm³/mol. The van der Waals surface area contributed by atoms with E-state index in [0.717, 1.165) is 0 Å². The van der Waals surface area contributed by atoms with E-state index in [-0.39, 0.29) is 0 Å². The third kappa shape index (κ3) is 1.24. The van der Waals surface area contributed by atoms with E-state index in [2.05, 4.69) is 0 Å². The molecule has 0 saturated carbocycles. The molecule has 1 aliphatic heterocycles. The highest BCUT2D eigenvalue weighted by Gasteiger charge is 2.42. The number of rotatable bonds is 2. The van der Waals surface area contributed by atoms with Crippen LogP contribution in [0.4, 0.5) is 0 Å². The molecule has 2 aromatic carbocycles. The molecule has 0 N–H and O–H groups in total. The lowest BCUT2D eigenvalue weighted by Crippen LogP contribution is -2.34. The van der Waals surface area contributed by atoms with Gasteiger partial charge in [0.1, 0.15) is 29.5 Å². The van der Waals surface area contributed by atoms with Gasteiger partial charge in [-0.25, -0.2) is 0 Å². The molecule has 1 aliphatic rings. The van der Waals surface area contributed by atoms with Crippen LogP contribution in [0.5, 0.6) is 11.5 Å². The maximum absolute atomic E-state index is 11.6. The zero-order valence-corrected chi connectivity index (χ0v) is 9.50. The lowest BCUT2D eigenvalue weighted by Gasteiger charge is -2.31. The van der Waals surface area contributed by atoms with Crippen molar-refractivity contribution in [1.29, 1.82) is 0 Å². The fourth-order valence-corrected chi connectivity index (χ4v) is 2.34. The second kappa shape index (κ2) is 3.81. The molecular weight excluding hydrogens is 228 g/mol. The van der Waals surface area contributed by atoms with E-state index >= 15 is 0 Å². The van der Waals surface area contributed by atoms with Crippen LogP contribution in [0, 0.1) is 0 Å². The van der Waals surface area contributed by atoms with E-state index in [1.807, 2.05) is 12.1 Å². The molecule has 0 aliphatic carbocycles. The van der Waals surface area contributed by atoms with Crippen LogP contribution in [-0.2, 0) is 15.0 Å². The molecule has 0 saturated heterocycles. The first-order valence-electron chi connectivity index (χ1n) is 5.61. The minimum atomic E-state index is -1.26. The first-order chi connectivity index (χ1) is 8.81. The van der Waals surface area contributed by atoms with Gasteiger partial charge in [0.15, 0.2) is 0 Å². The highest BCUT2D eigenvalue weighted by atomic mass is 16.5. The van der Waals surface area contributed by atoms with E-state index < -0.39 is 5.41 Å². The van der Waals surface area contributed by atoms with Crippen molar-refractivity contribution in [3.05, 3.63) is 59.7 Å². The lowest BCUT2D eigenvalue weighted by molar-refractivity contribution is -0.120. The van der Waals surface area contributed by atoms with Crippen molar-refractivity contribution in [3.63, 3.8) is 0 Å². The maximum Gasteiger partial charge on any atom is 0.142 e. The molecule has 0 aromatic heterocycles. The number of carbonyl (C=O) groups is 2. The summed E-state index contributed by atoms with van der Waals surface area (Å²) in [4.78, 5) is 23.1. The van der Waals surface area contributed by atoms with Crippen molar-refractivity contribution >= 4 is 12.6 Å². The van der Waals surface area contributed by atoms with Crippen LogP contribution in [0.1, 0.15) is 11.1 Å². The third-order valence-corrected chi connectivity index (χ3v) is 3.26. The average molecular weight is 238 g/mol. The molecule has 3 heteroatoms. The Hall–Kier alpha value is -2.42. The number of ether oxygens (including phenoxy) is 1. The standard InChI is InChI=1S/C15H10O3/c16-9-15(10-17)11-5-1-3-7-13(11)18-14-8-4-2-6-12(14)15/h1-10H. The normalized spacial score (nSPS) is 14.9. The van der Waals surface area contributed by atoms with Crippen molar-refractivity contribution in [3.8, 4) is 11.5 Å². The van der Waals surface area contributed by atoms with E-state index in [9.17, 15) is 9.59 Å². The van der Waals surface area contributed by atoms with Crippen LogP contribution >= 0.6 is 0 Å². The highest BCUT2D eigenvalue weighted by Crippen LogP contribution is 2.45. The molecule has 0 amide bonds. The summed E-state index contributed by atoms with van der Waals surface area (Å²) in [6, 6.07) is 14.2. The van der Waals surface area contributed by atoms with Gasteiger partial charge in [0.25, 0.3) is 0 Å². The first-order valence-corrected chi connectivity index (χ1v) is 5.61. The predicted octanol–water partition coefficient (Wildman–Crippen LogP) is 2.48. The number of aldehydes is 2. The fraction of sp³-hybridized carbons (Fsp3) is 0.0667. The molecule has 88 valence electrons. The lowest BCUT2D eigenvalue weighted by atomic mass is 9.75. The van der Waals surface area contributed by atoms with Gasteiger partial charge in [-0.2, -0.15) is 0 Å². The molecule has 3 rings (SSSR count). The highest BCUT2D eigenvalue weighted by molar-refractivity contribution is 5.99. The van der Waals surface area contributed by atoms with Crippen molar-refractivity contribution < 1.29 is 14.3 Å². The summed E-state index contributed by atoms with van der Waals surface area (Å²) in [5.74, 6) is 1.10. The van der Waals surface area contributed by atoms with Gasteiger partial charge in [-0.3, -0.25) is 0 Å². The second-order valence-electron chi connectivity index (χ2n) is 4.20. The largest absolute Gasteiger partial charge is 0.457 e. The molecular formula is C15H10O3. The van der Waals surface area contributed by atoms with Gasteiger partial charge < -0.3 is 14.3 Å². The third-order valence-electron chi connectivity index (χ3n) is 3.26. The average Bonchev–Trinajstić information content (AvgIpc) is 2.45. The number of carbonyl (C=O) groups excluding carboxylic acids is 2. The Morgan fingerprint density at radius 2 is 1.22 bits per heavy atom. The number of fused-ring (bicyclic) bond motifs is 2. The SMILES string of the molecule is O=CC1(C=O)c2ccccc2Oc2ccccc21. The van der Waals surface area contributed by atoms with E-state index in [1.54, 1.807) is 36.4 Å². The second-order valence-corrected chi connectivity index (χ2v) is 4.20. The molecule has 2 aromatic rings. The maximum atomic E-state index is 11.6. The first kappa shape index (κ1) is 10.7. The molecule has 0 bridgehead atoms. The Morgan fingerprint density at radius 3 is 1.67 bits per heavy atom. The van der Waals surface area contributed by atoms with Crippen LogP contribution in [0.3, 0.4) is 0 Å². The zero-order chi connectivity index (χ0) is 12.6. The molecule has 1 heterocycles. The van der Waals surface area contributed by atoms with Crippen molar-refractivity contribution in [2.24, 2.45) is 0 Å². The van der Waals surface area contributed by atoms with Crippen molar-refractivity contribution in [2.75, 3.05) is 0 Å². The summed E-state index contributed by atoms with van der Waals surface area (Å²) >= 11 is 0. The Kier molecular flexibility index (Phi) is 2.27. The van der Waals surface area contributed by atoms with Gasteiger partial charge in [0, 0.05) is 11.1 Å². The van der Waals surface area contributed by atoms with Crippen LogP contribution in [0.15, 0.2) is 48.5 Å². The summed E-state index contributed by atoms with van der Waals surface area (Å²) in [6.45, 7) is 0. The van der Waals surface area contributed by atoms with Crippen LogP contribution in [0.25, 0.3) is 0 Å². The summed E-state index contributed by atoms with van der Waals surface area (Å²) in [5, 5.41) is 0. The molecule has 0 unspecified atom stereocenters. The van der Waals surface area contributed by atoms with Crippen LogP contribution in [0.2, 0.25) is 0 Å². The van der Waals surface area contributed by atoms with Crippen molar-refractivity contribution in [2.45, 2.75) is 5.41 Å². The Labute approximate surface area is 104 Å². The van der Waals surface area contributed by atoms with Gasteiger partial charge in [-0.15, -0.1) is 0 Å². The molecule has 18 heavy (non-hydrogen) atoms. The van der Waals surface area contributed by atoms with E-state index in [4.69, 9.17) is 4.74 Å². The van der Waals surface area contributed by atoms with Gasteiger partial charge in [-0.1, -0.05) is 36.4 Å². The summed E-state index contributed by atoms with van der Waals surface area (Å²) in [5.41, 5.74) is -0.0757. The molecule has 0 atom stereocenters. The van der Waals surface area contributed by atoms with Gasteiger partial charge in [0.2, 0.25) is 0 Å². The molecule has 0 radical (unpaired) electrons. The van der Waals surface area contributed by atoms with E-state index in [0.29, 0.717) is 35.2 Å². The topological polar surface area (TPSA) is 43.4 Å². The van der Waals surface area contributed by atoms with Gasteiger partial charge >= 0.3 is 0 Å². The zero-order valence-electron chi connectivity index (χ0n) is 9.50. The summed E-state index contributed by atoms with van der Waals surface area (Å²) in [7, 11) is 0. The number of hydrogen-bond donors (Lipinski definition) is 0. The van der Waals surface area contributed by atoms with Gasteiger partial charge in [-0.05, 0) is 12.1 Å². The van der Waals surface area contributed by atoms with Crippen molar-refractivity contribution in [1.82, 2.24) is 0 Å². The number of para-hydroxylation sites is 2. The van der Waals surface area contributed by atoms with Crippen LogP contribution in [-0.4, -0.2) is 12.6 Å². The Bertz CT molecular complexity index is 576. The number of hydrogen-bond acceptors (Lipinski definition) is 3. The Balaban J connectivity index is 2.37. The van der Waals surface area contributed by atoms with Gasteiger partial charge in [0.05, 0.1) is 0 Å². The summed E-state index contributed by atoms with van der Waals surface area (Å²) < 4.78 is 5.72. The fourth-order valence-electron chi connectivity index (χ4n) is 2.34. The molecule has 0 fully saturated rings. The minimum Gasteiger partial charge on any atom is -0.457 e. The Morgan fingerprint density at radius 1 is 0.778 bits per heavy atom. The number of benzene rings is 2. The quantitative estimate of drug-likeness (QED) is 0.596. The molecule has 3 nitrogen and oxygen atoms in total. The minimum absolute atomic E-state index is 0.551.